The van der Waals surface area contributed by atoms with E-state index in [0.717, 1.165) is 35.4 Å². The van der Waals surface area contributed by atoms with E-state index in [0.29, 0.717) is 40.0 Å². The van der Waals surface area contributed by atoms with E-state index in [2.05, 4.69) is 48.5 Å². The minimum absolute atomic E-state index is 0.0126. The maximum atomic E-state index is 13.8. The van der Waals surface area contributed by atoms with Crippen molar-refractivity contribution in [2.24, 2.45) is 10.8 Å². The molecule has 41 heavy (non-hydrogen) atoms. The molecule has 0 aromatic heterocycles. The van der Waals surface area contributed by atoms with Crippen LogP contribution in [0.4, 0.5) is 5.69 Å². The summed E-state index contributed by atoms with van der Waals surface area (Å²) in [4.78, 5) is 40.2. The summed E-state index contributed by atoms with van der Waals surface area (Å²) in [7, 11) is 3.55. The van der Waals surface area contributed by atoms with Gasteiger partial charge >= 0.3 is 0 Å². The standard InChI is InChI=1S/C32H35BrN2O6/c1-31(2)13-22-28(24(36)15-31)27(29-23(34(22)5)14-32(3,4)16-25(29)37)19-11-21(33)30(26(12-19)40-6)41-17-18-7-9-20(10-8-18)35(38)39/h7-12,27H,13-17H2,1-6H3. The fourth-order valence-corrected chi connectivity index (χ4v) is 6.99. The van der Waals surface area contributed by atoms with E-state index < -0.39 is 10.8 Å². The van der Waals surface area contributed by atoms with Crippen molar-refractivity contribution >= 4 is 33.2 Å². The van der Waals surface area contributed by atoms with Crippen LogP contribution in [0.5, 0.6) is 11.5 Å². The van der Waals surface area contributed by atoms with Gasteiger partial charge in [-0.15, -0.1) is 0 Å². The Hall–Kier alpha value is -3.46. The van der Waals surface area contributed by atoms with E-state index in [4.69, 9.17) is 9.47 Å². The largest absolute Gasteiger partial charge is 0.493 e. The molecule has 0 amide bonds. The summed E-state index contributed by atoms with van der Waals surface area (Å²) >= 11 is 3.66. The molecule has 5 rings (SSSR count). The number of rotatable bonds is 6. The van der Waals surface area contributed by atoms with Gasteiger partial charge in [0, 0.05) is 60.5 Å². The molecule has 0 saturated carbocycles. The number of hydrogen-bond donors (Lipinski definition) is 0. The molecule has 216 valence electrons. The number of carbonyl (C=O) groups excluding carboxylic acids is 2. The summed E-state index contributed by atoms with van der Waals surface area (Å²) < 4.78 is 12.5. The van der Waals surface area contributed by atoms with Gasteiger partial charge in [0.05, 0.1) is 16.5 Å². The first-order valence-corrected chi connectivity index (χ1v) is 14.5. The van der Waals surface area contributed by atoms with Crippen LogP contribution < -0.4 is 9.47 Å². The number of ether oxygens (including phenoxy) is 2. The van der Waals surface area contributed by atoms with Crippen LogP contribution in [0.15, 0.2) is 63.4 Å². The normalized spacial score (nSPS) is 20.1. The highest BCUT2D eigenvalue weighted by molar-refractivity contribution is 9.10. The quantitative estimate of drug-likeness (QED) is 0.247. The number of methoxy groups -OCH3 is 1. The van der Waals surface area contributed by atoms with E-state index >= 15 is 0 Å². The Labute approximate surface area is 248 Å². The van der Waals surface area contributed by atoms with Crippen LogP contribution in [-0.4, -0.2) is 35.5 Å². The Morgan fingerprint density at radius 2 is 1.49 bits per heavy atom. The molecule has 0 saturated heterocycles. The lowest BCUT2D eigenvalue weighted by atomic mass is 9.64. The summed E-state index contributed by atoms with van der Waals surface area (Å²) in [6, 6.07) is 9.96. The lowest BCUT2D eigenvalue weighted by molar-refractivity contribution is -0.384. The molecule has 2 aliphatic carbocycles. The second kappa shape index (κ2) is 10.4. The number of benzene rings is 2. The molecule has 0 spiro atoms. The van der Waals surface area contributed by atoms with Gasteiger partial charge < -0.3 is 14.4 Å². The number of non-ortho nitro benzene ring substituents is 1. The molecule has 3 aliphatic rings. The fourth-order valence-electron chi connectivity index (χ4n) is 6.41. The molecular weight excluding hydrogens is 588 g/mol. The molecule has 8 nitrogen and oxygen atoms in total. The first-order valence-electron chi connectivity index (χ1n) is 13.7. The number of ketones is 2. The average molecular weight is 624 g/mol. The number of nitro benzene ring substituents is 1. The lowest BCUT2D eigenvalue weighted by Gasteiger charge is -2.48. The molecule has 2 aromatic carbocycles. The van der Waals surface area contributed by atoms with E-state index in [-0.39, 0.29) is 34.7 Å². The molecule has 0 radical (unpaired) electrons. The minimum Gasteiger partial charge on any atom is -0.493 e. The first kappa shape index (κ1) is 29.0. The minimum atomic E-state index is -0.489. The second-order valence-corrected chi connectivity index (χ2v) is 13.7. The van der Waals surface area contributed by atoms with Crippen molar-refractivity contribution in [2.75, 3.05) is 14.2 Å². The maximum absolute atomic E-state index is 13.8. The van der Waals surface area contributed by atoms with Gasteiger partial charge in [-0.3, -0.25) is 19.7 Å². The van der Waals surface area contributed by atoms with E-state index in [1.165, 1.54) is 12.1 Å². The van der Waals surface area contributed by atoms with E-state index in [9.17, 15) is 19.7 Å². The van der Waals surface area contributed by atoms with Crippen LogP contribution in [0.3, 0.4) is 0 Å². The summed E-state index contributed by atoms with van der Waals surface area (Å²) in [5, 5.41) is 11.0. The fraction of sp³-hybridized carbons (Fsp3) is 0.438. The molecule has 1 aliphatic heterocycles. The van der Waals surface area contributed by atoms with Crippen molar-refractivity contribution in [1.29, 1.82) is 0 Å². The zero-order valence-electron chi connectivity index (χ0n) is 24.3. The SMILES string of the molecule is COc1cc(C2C3=C(CC(C)(C)CC3=O)N(C)C3=C2C(=O)CC(C)(C)C3)cc(Br)c1OCc1ccc([N+](=O)[O-])cc1. The topological polar surface area (TPSA) is 99.0 Å². The van der Waals surface area contributed by atoms with Crippen molar-refractivity contribution in [2.45, 2.75) is 65.9 Å². The molecule has 0 atom stereocenters. The highest BCUT2D eigenvalue weighted by atomic mass is 79.9. The highest BCUT2D eigenvalue weighted by Crippen LogP contribution is 2.55. The van der Waals surface area contributed by atoms with Gasteiger partial charge in [0.25, 0.3) is 5.69 Å². The Morgan fingerprint density at radius 1 is 0.951 bits per heavy atom. The van der Waals surface area contributed by atoms with Gasteiger partial charge in [-0.1, -0.05) is 27.7 Å². The van der Waals surface area contributed by atoms with Gasteiger partial charge in [-0.25, -0.2) is 0 Å². The van der Waals surface area contributed by atoms with E-state index in [1.54, 1.807) is 19.2 Å². The maximum Gasteiger partial charge on any atom is 0.269 e. The third-order valence-corrected chi connectivity index (χ3v) is 8.88. The van der Waals surface area contributed by atoms with Crippen LogP contribution >= 0.6 is 15.9 Å². The van der Waals surface area contributed by atoms with Crippen molar-refractivity contribution in [1.82, 2.24) is 4.90 Å². The van der Waals surface area contributed by atoms with Crippen molar-refractivity contribution in [3.8, 4) is 11.5 Å². The number of carbonyl (C=O) groups is 2. The van der Waals surface area contributed by atoms with Crippen molar-refractivity contribution < 1.29 is 24.0 Å². The molecule has 0 fully saturated rings. The van der Waals surface area contributed by atoms with Crippen molar-refractivity contribution in [3.05, 3.63) is 84.7 Å². The van der Waals surface area contributed by atoms with Crippen LogP contribution in [0, 0.1) is 20.9 Å². The predicted octanol–water partition coefficient (Wildman–Crippen LogP) is 7.26. The smallest absolute Gasteiger partial charge is 0.269 e. The van der Waals surface area contributed by atoms with Crippen LogP contribution in [0.2, 0.25) is 0 Å². The number of nitro groups is 1. The van der Waals surface area contributed by atoms with Gasteiger partial charge in [0.2, 0.25) is 0 Å². The Balaban J connectivity index is 1.58. The monoisotopic (exact) mass is 622 g/mol. The summed E-state index contributed by atoms with van der Waals surface area (Å²) in [5.41, 5.74) is 4.62. The van der Waals surface area contributed by atoms with Crippen LogP contribution in [0.25, 0.3) is 0 Å². The summed E-state index contributed by atoms with van der Waals surface area (Å²) in [5.74, 6) is 0.596. The Kier molecular flexibility index (Phi) is 7.39. The van der Waals surface area contributed by atoms with Gasteiger partial charge in [0.15, 0.2) is 23.1 Å². The van der Waals surface area contributed by atoms with Crippen molar-refractivity contribution in [3.63, 3.8) is 0 Å². The number of halogens is 1. The first-order chi connectivity index (χ1) is 19.2. The molecule has 0 N–H and O–H groups in total. The number of allylic oxidation sites excluding steroid dienone is 4. The lowest BCUT2D eigenvalue weighted by Crippen LogP contribution is -2.43. The molecule has 0 unspecified atom stereocenters. The second-order valence-electron chi connectivity index (χ2n) is 12.8. The molecule has 2 aromatic rings. The molecule has 1 heterocycles. The summed E-state index contributed by atoms with van der Waals surface area (Å²) in [6.45, 7) is 8.65. The average Bonchev–Trinajstić information content (AvgIpc) is 2.88. The molecule has 0 bridgehead atoms. The molecule has 9 heteroatoms. The highest BCUT2D eigenvalue weighted by Gasteiger charge is 2.48. The van der Waals surface area contributed by atoms with Gasteiger partial charge in [0.1, 0.15) is 6.61 Å². The number of Topliss-reactive ketones (excluding diaryl/α,β-unsaturated/α-hetero) is 2. The van der Waals surface area contributed by atoms with Crippen LogP contribution in [-0.2, 0) is 16.2 Å². The predicted molar refractivity (Wildman–Crippen MR) is 159 cm³/mol. The third kappa shape index (κ3) is 5.44. The third-order valence-electron chi connectivity index (χ3n) is 8.30. The summed E-state index contributed by atoms with van der Waals surface area (Å²) in [6.07, 6.45) is 2.35. The van der Waals surface area contributed by atoms with E-state index in [1.807, 2.05) is 19.2 Å². The Bertz CT molecular complexity index is 1470. The van der Waals surface area contributed by atoms with Gasteiger partial charge in [-0.05, 0) is 75.0 Å². The number of nitrogens with zero attached hydrogens (tertiary/aromatic N) is 2. The van der Waals surface area contributed by atoms with Crippen LogP contribution in [0.1, 0.15) is 70.4 Å². The number of hydrogen-bond acceptors (Lipinski definition) is 7. The zero-order chi connectivity index (χ0) is 29.9. The molecular formula is C32H35BrN2O6. The van der Waals surface area contributed by atoms with Gasteiger partial charge in [-0.2, -0.15) is 0 Å². The zero-order valence-corrected chi connectivity index (χ0v) is 25.9. The Morgan fingerprint density at radius 3 is 1.98 bits per heavy atom.